The van der Waals surface area contributed by atoms with Crippen LogP contribution >= 0.6 is 0 Å². The Kier molecular flexibility index (Phi) is 11.9. The molecule has 0 bridgehead atoms. The lowest BCUT2D eigenvalue weighted by molar-refractivity contribution is -0.193. The Labute approximate surface area is 233 Å². The van der Waals surface area contributed by atoms with Crippen LogP contribution in [-0.4, -0.2) is 103 Å². The molecule has 1 aromatic heterocycles. The highest BCUT2D eigenvalue weighted by Gasteiger charge is 2.45. The van der Waals surface area contributed by atoms with Gasteiger partial charge in [-0.2, -0.15) is 30.6 Å². The maximum Gasteiger partial charge on any atom is 0.490 e. The second-order valence-electron chi connectivity index (χ2n) is 10.3. The third kappa shape index (κ3) is 10.7. The van der Waals surface area contributed by atoms with Gasteiger partial charge in [-0.1, -0.05) is 13.0 Å². The number of pyridine rings is 1. The highest BCUT2D eigenvalue weighted by Crippen LogP contribution is 2.43. The number of carboxylic acid groups (broad SMARTS) is 2. The molecule has 0 aromatic carbocycles. The summed E-state index contributed by atoms with van der Waals surface area (Å²) >= 11 is 0. The Bertz CT molecular complexity index is 1090. The van der Waals surface area contributed by atoms with E-state index in [0.717, 1.165) is 38.3 Å². The number of carbonyl (C=O) groups is 2. The van der Waals surface area contributed by atoms with Crippen molar-refractivity contribution in [1.29, 1.82) is 0 Å². The van der Waals surface area contributed by atoms with Gasteiger partial charge in [0.15, 0.2) is 5.03 Å². The number of likely N-dealkylation sites (tertiary alicyclic amines) is 1. The largest absolute Gasteiger partial charge is 0.490 e. The molecule has 0 radical (unpaired) electrons. The number of ether oxygens (including phenoxy) is 1. The summed E-state index contributed by atoms with van der Waals surface area (Å²) in [4.78, 5) is 24.4. The molecule has 4 rings (SSSR count). The van der Waals surface area contributed by atoms with Gasteiger partial charge in [0, 0.05) is 32.4 Å². The van der Waals surface area contributed by atoms with Gasteiger partial charge >= 0.3 is 24.3 Å². The minimum atomic E-state index is -5.08. The van der Waals surface area contributed by atoms with Crippen LogP contribution in [0.3, 0.4) is 0 Å². The molecule has 0 saturated carbocycles. The molecule has 3 aliphatic heterocycles. The first kappa shape index (κ1) is 34.7. The van der Waals surface area contributed by atoms with Gasteiger partial charge in [0.1, 0.15) is 0 Å². The number of alkyl halides is 6. The van der Waals surface area contributed by atoms with E-state index in [1.807, 2.05) is 0 Å². The minimum Gasteiger partial charge on any atom is -0.475 e. The van der Waals surface area contributed by atoms with Crippen molar-refractivity contribution in [3.05, 3.63) is 24.4 Å². The van der Waals surface area contributed by atoms with Crippen LogP contribution in [0.25, 0.3) is 0 Å². The monoisotopic (exact) mass is 621 g/mol. The van der Waals surface area contributed by atoms with Crippen molar-refractivity contribution in [3.8, 4) is 0 Å². The number of rotatable bonds is 4. The molecule has 41 heavy (non-hydrogen) atoms. The van der Waals surface area contributed by atoms with Crippen LogP contribution in [0.4, 0.5) is 26.3 Å². The molecule has 4 heterocycles. The zero-order valence-corrected chi connectivity index (χ0v) is 23.0. The van der Waals surface area contributed by atoms with E-state index in [2.05, 4.69) is 16.8 Å². The fourth-order valence-electron chi connectivity index (χ4n) is 4.93. The van der Waals surface area contributed by atoms with E-state index >= 15 is 0 Å². The molecule has 3 aliphatic rings. The van der Waals surface area contributed by atoms with E-state index in [1.165, 1.54) is 32.1 Å². The molecule has 10 nitrogen and oxygen atoms in total. The first-order chi connectivity index (χ1) is 18.9. The van der Waals surface area contributed by atoms with Crippen molar-refractivity contribution in [2.45, 2.75) is 62.5 Å². The van der Waals surface area contributed by atoms with E-state index in [-0.39, 0.29) is 10.4 Å². The number of sulfonamides is 1. The Hall–Kier alpha value is -2.50. The summed E-state index contributed by atoms with van der Waals surface area (Å²) in [5.41, 5.74) is 0.155. The minimum absolute atomic E-state index is 0.153. The van der Waals surface area contributed by atoms with Crippen LogP contribution in [0, 0.1) is 11.3 Å². The van der Waals surface area contributed by atoms with Gasteiger partial charge < -0.3 is 19.8 Å². The fraction of sp³-hybridized carbons (Fsp3) is 0.708. The van der Waals surface area contributed by atoms with Gasteiger partial charge in [-0.3, -0.25) is 0 Å². The van der Waals surface area contributed by atoms with Crippen molar-refractivity contribution in [3.63, 3.8) is 0 Å². The second kappa shape index (κ2) is 14.1. The molecule has 2 atom stereocenters. The van der Waals surface area contributed by atoms with Crippen LogP contribution in [0.2, 0.25) is 0 Å². The summed E-state index contributed by atoms with van der Waals surface area (Å²) in [5, 5.41) is 14.4. The maximum atomic E-state index is 12.8. The summed E-state index contributed by atoms with van der Waals surface area (Å²) in [5.74, 6) is -4.73. The molecule has 3 saturated heterocycles. The molecule has 1 aromatic rings. The number of aromatic nitrogens is 1. The molecule has 2 N–H and O–H groups in total. The highest BCUT2D eigenvalue weighted by atomic mass is 32.2. The summed E-state index contributed by atoms with van der Waals surface area (Å²) < 4.78 is 96.8. The number of piperidine rings is 2. The van der Waals surface area contributed by atoms with E-state index in [4.69, 9.17) is 24.5 Å². The molecular weight excluding hydrogens is 588 g/mol. The lowest BCUT2D eigenvalue weighted by Crippen LogP contribution is -2.44. The summed E-state index contributed by atoms with van der Waals surface area (Å²) in [6.07, 6.45) is -2.87. The van der Waals surface area contributed by atoms with Crippen molar-refractivity contribution in [1.82, 2.24) is 14.2 Å². The van der Waals surface area contributed by atoms with E-state index < -0.39 is 34.3 Å². The Balaban J connectivity index is 0.000000349. The van der Waals surface area contributed by atoms with E-state index in [1.54, 1.807) is 22.5 Å². The van der Waals surface area contributed by atoms with Crippen LogP contribution in [-0.2, 0) is 24.3 Å². The van der Waals surface area contributed by atoms with Crippen LogP contribution in [0.1, 0.15) is 39.0 Å². The zero-order valence-electron chi connectivity index (χ0n) is 22.2. The van der Waals surface area contributed by atoms with Crippen molar-refractivity contribution < 1.29 is 59.3 Å². The van der Waals surface area contributed by atoms with Gasteiger partial charge in [0.05, 0.1) is 12.7 Å². The van der Waals surface area contributed by atoms with Gasteiger partial charge in [-0.15, -0.1) is 0 Å². The lowest BCUT2D eigenvalue weighted by atomic mass is 9.77. The molecule has 1 spiro atoms. The normalized spacial score (nSPS) is 23.6. The second-order valence-corrected chi connectivity index (χ2v) is 12.2. The maximum absolute atomic E-state index is 12.8. The molecule has 3 fully saturated rings. The Morgan fingerprint density at radius 1 is 1.05 bits per heavy atom. The molecule has 0 aliphatic carbocycles. The van der Waals surface area contributed by atoms with Gasteiger partial charge in [0.25, 0.3) is 10.0 Å². The molecule has 17 heteroatoms. The number of hydrogen-bond acceptors (Lipinski definition) is 7. The average molecular weight is 622 g/mol. The van der Waals surface area contributed by atoms with Crippen LogP contribution < -0.4 is 0 Å². The molecule has 234 valence electrons. The predicted molar refractivity (Wildman–Crippen MR) is 131 cm³/mol. The number of halogens is 6. The number of hydrogen-bond donors (Lipinski definition) is 2. The van der Waals surface area contributed by atoms with Gasteiger partial charge in [0.2, 0.25) is 0 Å². The first-order valence-electron chi connectivity index (χ1n) is 12.7. The SMILES string of the molecule is CC1CCCN(CC2CC3(CCN(S(=O)(=O)c4ccccn4)CC3)CO2)C1.O=C(O)C(F)(F)F.O=C(O)C(F)(F)F. The third-order valence-electron chi connectivity index (χ3n) is 7.00. The molecule has 0 amide bonds. The van der Waals surface area contributed by atoms with E-state index in [0.29, 0.717) is 19.2 Å². The van der Waals surface area contributed by atoms with Crippen LogP contribution in [0.5, 0.6) is 0 Å². The molecule has 2 unspecified atom stereocenters. The first-order valence-corrected chi connectivity index (χ1v) is 14.2. The predicted octanol–water partition coefficient (Wildman–Crippen LogP) is 3.64. The summed E-state index contributed by atoms with van der Waals surface area (Å²) in [6, 6.07) is 5.04. The van der Waals surface area contributed by atoms with Crippen molar-refractivity contribution in [2.24, 2.45) is 11.3 Å². The number of nitrogens with zero attached hydrogens (tertiary/aromatic N) is 3. The quantitative estimate of drug-likeness (QED) is 0.483. The van der Waals surface area contributed by atoms with Crippen molar-refractivity contribution in [2.75, 3.05) is 39.3 Å². The van der Waals surface area contributed by atoms with E-state index in [9.17, 15) is 34.8 Å². The van der Waals surface area contributed by atoms with Crippen molar-refractivity contribution >= 4 is 22.0 Å². The molecular formula is C24H33F6N3O7S. The smallest absolute Gasteiger partial charge is 0.475 e. The lowest BCUT2D eigenvalue weighted by Gasteiger charge is -2.37. The Morgan fingerprint density at radius 3 is 2.07 bits per heavy atom. The fourth-order valence-corrected chi connectivity index (χ4v) is 6.31. The number of aliphatic carboxylic acids is 2. The summed E-state index contributed by atoms with van der Waals surface area (Å²) in [6.45, 7) is 7.64. The average Bonchev–Trinajstić information content (AvgIpc) is 3.26. The van der Waals surface area contributed by atoms with Gasteiger partial charge in [-0.05, 0) is 62.1 Å². The van der Waals surface area contributed by atoms with Gasteiger partial charge in [-0.25, -0.2) is 23.0 Å². The highest BCUT2D eigenvalue weighted by molar-refractivity contribution is 7.89. The third-order valence-corrected chi connectivity index (χ3v) is 8.81. The van der Waals surface area contributed by atoms with Crippen LogP contribution in [0.15, 0.2) is 29.4 Å². The number of carboxylic acids is 2. The Morgan fingerprint density at radius 2 is 1.61 bits per heavy atom. The topological polar surface area (TPSA) is 137 Å². The zero-order chi connectivity index (χ0) is 31.1. The summed E-state index contributed by atoms with van der Waals surface area (Å²) in [7, 11) is -3.48. The standard InChI is InChI=1S/C20H31N3O3S.2C2HF3O2/c1-17-5-4-10-22(14-17)15-18-13-20(16-26-18)7-11-23(12-8-20)27(24,25)19-6-2-3-9-21-19;2*3-2(4,5)1(6)7/h2-3,6,9,17-18H,4-5,7-8,10-16H2,1H3;2*(H,6,7).